The summed E-state index contributed by atoms with van der Waals surface area (Å²) >= 11 is 7.11. The topological polar surface area (TPSA) is 72.2 Å². The van der Waals surface area contributed by atoms with E-state index < -0.39 is 17.2 Å². The average molecular weight is 259 g/mol. The van der Waals surface area contributed by atoms with Gasteiger partial charge in [0.05, 0.1) is 5.25 Å². The van der Waals surface area contributed by atoms with Gasteiger partial charge in [-0.05, 0) is 25.1 Å². The molecule has 4 nitrogen and oxygen atoms in total. The fraction of sp³-hybridized carbons (Fsp3) is 0.200. The Hall–Kier alpha value is -1.20. The van der Waals surface area contributed by atoms with Crippen molar-refractivity contribution in [2.75, 3.05) is 0 Å². The lowest BCUT2D eigenvalue weighted by Gasteiger charge is -2.09. The van der Waals surface area contributed by atoms with Crippen LogP contribution in [0.5, 0.6) is 0 Å². The van der Waals surface area contributed by atoms with E-state index in [-0.39, 0.29) is 0 Å². The minimum absolute atomic E-state index is 0.411. The van der Waals surface area contributed by atoms with Crippen LogP contribution in [-0.4, -0.2) is 17.2 Å². The Morgan fingerprint density at radius 1 is 1.50 bits per heavy atom. The molecule has 0 aliphatic rings. The van der Waals surface area contributed by atoms with Crippen molar-refractivity contribution in [3.63, 3.8) is 0 Å². The minimum atomic E-state index is -0.844. The Bertz CT molecular complexity index is 412. The van der Waals surface area contributed by atoms with E-state index in [0.717, 1.165) is 4.90 Å². The van der Waals surface area contributed by atoms with Crippen molar-refractivity contribution in [3.8, 4) is 0 Å². The third-order valence-electron chi connectivity index (χ3n) is 1.72. The summed E-state index contributed by atoms with van der Waals surface area (Å²) in [6.45, 7) is 1.68. The molecule has 1 rings (SSSR count). The highest BCUT2D eigenvalue weighted by Gasteiger charge is 2.15. The first-order chi connectivity index (χ1) is 7.49. The monoisotopic (exact) mass is 258 g/mol. The molecule has 0 radical (unpaired) electrons. The van der Waals surface area contributed by atoms with Gasteiger partial charge in [0.25, 0.3) is 0 Å². The van der Waals surface area contributed by atoms with Gasteiger partial charge in [0.1, 0.15) is 0 Å². The highest BCUT2D eigenvalue weighted by Crippen LogP contribution is 2.25. The third kappa shape index (κ3) is 4.12. The van der Waals surface area contributed by atoms with Gasteiger partial charge in [0.15, 0.2) is 0 Å². The zero-order valence-electron chi connectivity index (χ0n) is 8.57. The zero-order valence-corrected chi connectivity index (χ0v) is 10.1. The van der Waals surface area contributed by atoms with Gasteiger partial charge < -0.3 is 5.73 Å². The molecule has 0 unspecified atom stereocenters. The molecule has 16 heavy (non-hydrogen) atoms. The first-order valence-corrected chi connectivity index (χ1v) is 5.77. The highest BCUT2D eigenvalue weighted by molar-refractivity contribution is 8.00. The molecular formula is C10H11ClN2O2S. The molecule has 0 heterocycles. The summed E-state index contributed by atoms with van der Waals surface area (Å²) in [6.07, 6.45) is 0. The quantitative estimate of drug-likeness (QED) is 0.815. The van der Waals surface area contributed by atoms with Crippen molar-refractivity contribution < 1.29 is 9.59 Å². The number of rotatable bonds is 3. The number of primary amides is 1. The summed E-state index contributed by atoms with van der Waals surface area (Å²) in [5, 5.41) is 2.22. The molecule has 1 atom stereocenters. The summed E-state index contributed by atoms with van der Waals surface area (Å²) < 4.78 is 0. The van der Waals surface area contributed by atoms with Crippen LogP contribution in [0.15, 0.2) is 29.2 Å². The van der Waals surface area contributed by atoms with E-state index in [0.29, 0.717) is 5.02 Å². The van der Waals surface area contributed by atoms with Gasteiger partial charge in [-0.3, -0.25) is 10.1 Å². The Morgan fingerprint density at radius 3 is 2.75 bits per heavy atom. The molecule has 0 fully saturated rings. The Morgan fingerprint density at radius 2 is 2.19 bits per heavy atom. The lowest BCUT2D eigenvalue weighted by atomic mass is 10.4. The van der Waals surface area contributed by atoms with Crippen LogP contribution in [-0.2, 0) is 4.79 Å². The van der Waals surface area contributed by atoms with Gasteiger partial charge >= 0.3 is 6.03 Å². The molecule has 86 valence electrons. The lowest BCUT2D eigenvalue weighted by Crippen LogP contribution is -2.39. The van der Waals surface area contributed by atoms with E-state index in [1.165, 1.54) is 11.8 Å². The van der Waals surface area contributed by atoms with Crippen molar-refractivity contribution in [3.05, 3.63) is 29.3 Å². The fourth-order valence-electron chi connectivity index (χ4n) is 1.02. The zero-order chi connectivity index (χ0) is 12.1. The summed E-state index contributed by atoms with van der Waals surface area (Å²) in [6, 6.07) is 6.29. The van der Waals surface area contributed by atoms with Gasteiger partial charge in [-0.1, -0.05) is 17.7 Å². The van der Waals surface area contributed by atoms with Crippen LogP contribution in [0.3, 0.4) is 0 Å². The van der Waals surface area contributed by atoms with Crippen molar-refractivity contribution in [2.24, 2.45) is 5.73 Å². The predicted octanol–water partition coefficient (Wildman–Crippen LogP) is 2.02. The van der Waals surface area contributed by atoms with E-state index >= 15 is 0 Å². The number of urea groups is 1. The molecule has 6 heteroatoms. The number of nitrogens with two attached hydrogens (primary N) is 1. The standard InChI is InChI=1S/C10H11ClN2O2S/c1-6(9(14)13-10(12)15)16-8-4-2-3-7(11)5-8/h2-6H,1H3,(H3,12,13,14,15)/t6-/m1/s1. The highest BCUT2D eigenvalue weighted by atomic mass is 35.5. The van der Waals surface area contributed by atoms with Gasteiger partial charge in [-0.25, -0.2) is 4.79 Å². The second kappa shape index (κ2) is 5.77. The van der Waals surface area contributed by atoms with Crippen molar-refractivity contribution in [2.45, 2.75) is 17.1 Å². The first-order valence-electron chi connectivity index (χ1n) is 4.51. The normalized spacial score (nSPS) is 11.9. The molecule has 0 saturated heterocycles. The van der Waals surface area contributed by atoms with E-state index in [1.807, 2.05) is 11.4 Å². The largest absolute Gasteiger partial charge is 0.351 e. The van der Waals surface area contributed by atoms with Crippen LogP contribution in [0.1, 0.15) is 6.92 Å². The summed E-state index contributed by atoms with van der Waals surface area (Å²) in [5.41, 5.74) is 4.85. The number of nitrogens with one attached hydrogen (secondary N) is 1. The minimum Gasteiger partial charge on any atom is -0.351 e. The van der Waals surface area contributed by atoms with E-state index in [1.54, 1.807) is 25.1 Å². The van der Waals surface area contributed by atoms with Gasteiger partial charge in [-0.15, -0.1) is 11.8 Å². The van der Waals surface area contributed by atoms with Crippen molar-refractivity contribution in [1.29, 1.82) is 0 Å². The molecular weight excluding hydrogens is 248 g/mol. The fourth-order valence-corrected chi connectivity index (χ4v) is 2.20. The number of hydrogen-bond acceptors (Lipinski definition) is 3. The average Bonchev–Trinajstić information content (AvgIpc) is 2.16. The van der Waals surface area contributed by atoms with Crippen molar-refractivity contribution in [1.82, 2.24) is 5.32 Å². The maximum Gasteiger partial charge on any atom is 0.318 e. The number of imide groups is 1. The summed E-state index contributed by atoms with van der Waals surface area (Å²) in [5.74, 6) is -0.419. The van der Waals surface area contributed by atoms with E-state index in [4.69, 9.17) is 17.3 Å². The molecule has 3 amide bonds. The maximum atomic E-state index is 11.4. The number of carbonyl (C=O) groups is 2. The van der Waals surface area contributed by atoms with E-state index in [2.05, 4.69) is 0 Å². The Balaban J connectivity index is 2.60. The smallest absolute Gasteiger partial charge is 0.318 e. The van der Waals surface area contributed by atoms with Crippen LogP contribution in [0, 0.1) is 0 Å². The van der Waals surface area contributed by atoms with E-state index in [9.17, 15) is 9.59 Å². The molecule has 3 N–H and O–H groups in total. The molecule has 0 spiro atoms. The van der Waals surface area contributed by atoms with Gasteiger partial charge in [0, 0.05) is 9.92 Å². The number of thioether (sulfide) groups is 1. The lowest BCUT2D eigenvalue weighted by molar-refractivity contribution is -0.119. The number of amides is 3. The molecule has 1 aromatic rings. The summed E-state index contributed by atoms with van der Waals surface area (Å²) in [4.78, 5) is 22.7. The number of hydrogen-bond donors (Lipinski definition) is 2. The number of halogens is 1. The molecule has 0 saturated carbocycles. The predicted molar refractivity (Wildman–Crippen MR) is 64.5 cm³/mol. The molecule has 0 bridgehead atoms. The van der Waals surface area contributed by atoms with Crippen LogP contribution in [0.4, 0.5) is 4.79 Å². The second-order valence-corrected chi connectivity index (χ2v) is 4.92. The number of benzene rings is 1. The van der Waals surface area contributed by atoms with Gasteiger partial charge in [-0.2, -0.15) is 0 Å². The molecule has 0 aliphatic carbocycles. The number of carbonyl (C=O) groups excluding carboxylic acids is 2. The molecule has 0 aromatic heterocycles. The van der Waals surface area contributed by atoms with Crippen LogP contribution < -0.4 is 11.1 Å². The first kappa shape index (κ1) is 12.9. The second-order valence-electron chi connectivity index (χ2n) is 3.07. The Labute approximate surface area is 103 Å². The molecule has 1 aromatic carbocycles. The Kier molecular flexibility index (Phi) is 4.64. The van der Waals surface area contributed by atoms with Gasteiger partial charge in [0.2, 0.25) is 5.91 Å². The third-order valence-corrected chi connectivity index (χ3v) is 3.05. The van der Waals surface area contributed by atoms with Crippen LogP contribution >= 0.6 is 23.4 Å². The summed E-state index contributed by atoms with van der Waals surface area (Å²) in [7, 11) is 0. The SMILES string of the molecule is C[C@@H](Sc1cccc(Cl)c1)C(=O)NC(N)=O. The van der Waals surface area contributed by atoms with Crippen LogP contribution in [0.25, 0.3) is 0 Å². The maximum absolute atomic E-state index is 11.4. The van der Waals surface area contributed by atoms with Crippen LogP contribution in [0.2, 0.25) is 5.02 Å². The molecule has 0 aliphatic heterocycles. The van der Waals surface area contributed by atoms with Crippen molar-refractivity contribution >= 4 is 35.3 Å².